The van der Waals surface area contributed by atoms with Crippen LogP contribution in [0.5, 0.6) is 23.0 Å². The summed E-state index contributed by atoms with van der Waals surface area (Å²) >= 11 is 3.34. The third-order valence-corrected chi connectivity index (χ3v) is 4.65. The van der Waals surface area contributed by atoms with Gasteiger partial charge in [-0.3, -0.25) is 14.9 Å². The van der Waals surface area contributed by atoms with Gasteiger partial charge in [-0.1, -0.05) is 34.1 Å². The second-order valence-electron chi connectivity index (χ2n) is 5.94. The molecule has 0 radical (unpaired) electrons. The molecular weight excluding hydrogens is 414 g/mol. The quantitative estimate of drug-likeness (QED) is 0.398. The van der Waals surface area contributed by atoms with E-state index >= 15 is 0 Å². The van der Waals surface area contributed by atoms with Gasteiger partial charge in [0.15, 0.2) is 5.78 Å². The molecule has 0 unspecified atom stereocenters. The average Bonchev–Trinajstić information content (AvgIpc) is 2.79. The van der Waals surface area contributed by atoms with Gasteiger partial charge in [0, 0.05) is 16.5 Å². The average molecular weight is 426 g/mol. The van der Waals surface area contributed by atoms with Crippen LogP contribution in [0.4, 0.5) is 5.69 Å². The summed E-state index contributed by atoms with van der Waals surface area (Å²) in [5.41, 5.74) is 0.698. The van der Waals surface area contributed by atoms with E-state index in [0.717, 1.165) is 10.0 Å². The summed E-state index contributed by atoms with van der Waals surface area (Å²) in [4.78, 5) is 23.7. The molecule has 0 N–H and O–H groups in total. The molecule has 0 saturated heterocycles. The molecule has 6 nitrogen and oxygen atoms in total. The minimum Gasteiger partial charge on any atom is -0.456 e. The molecule has 1 heterocycles. The monoisotopic (exact) mass is 425 g/mol. The Hall–Kier alpha value is -3.19. The molecule has 3 aromatic rings. The highest BCUT2D eigenvalue weighted by molar-refractivity contribution is 9.10. The first-order valence-corrected chi connectivity index (χ1v) is 8.85. The SMILES string of the molecule is O=C1Cc2ccccc2Oc2cc([N+](=O)[O-])cc(Oc3ccc(Br)cc3)c21. The predicted octanol–water partition coefficient (Wildman–Crippen LogP) is 5.68. The molecular formula is C20H12BrNO5. The molecule has 3 aromatic carbocycles. The zero-order valence-electron chi connectivity index (χ0n) is 13.8. The zero-order valence-corrected chi connectivity index (χ0v) is 15.4. The number of nitro groups is 1. The van der Waals surface area contributed by atoms with Crippen molar-refractivity contribution in [3.8, 4) is 23.0 Å². The maximum absolute atomic E-state index is 12.9. The van der Waals surface area contributed by atoms with Crippen LogP contribution < -0.4 is 9.47 Å². The van der Waals surface area contributed by atoms with Gasteiger partial charge in [0.05, 0.1) is 17.1 Å². The fraction of sp³-hybridized carbons (Fsp3) is 0.0500. The molecule has 0 aliphatic carbocycles. The Morgan fingerprint density at radius 2 is 1.78 bits per heavy atom. The summed E-state index contributed by atoms with van der Waals surface area (Å²) in [5.74, 6) is 0.942. The minimum absolute atomic E-state index is 0.0966. The number of para-hydroxylation sites is 1. The van der Waals surface area contributed by atoms with E-state index in [2.05, 4.69) is 15.9 Å². The first-order valence-electron chi connectivity index (χ1n) is 8.06. The van der Waals surface area contributed by atoms with Gasteiger partial charge in [0.1, 0.15) is 28.6 Å². The van der Waals surface area contributed by atoms with Gasteiger partial charge >= 0.3 is 0 Å². The summed E-state index contributed by atoms with van der Waals surface area (Å²) in [6.45, 7) is 0. The van der Waals surface area contributed by atoms with Crippen molar-refractivity contribution >= 4 is 27.4 Å². The second-order valence-corrected chi connectivity index (χ2v) is 6.86. The van der Waals surface area contributed by atoms with Crippen LogP contribution in [0, 0.1) is 10.1 Å². The molecule has 0 aromatic heterocycles. The van der Waals surface area contributed by atoms with Crippen LogP contribution >= 0.6 is 15.9 Å². The molecule has 0 bridgehead atoms. The Balaban J connectivity index is 1.85. The van der Waals surface area contributed by atoms with E-state index in [1.54, 1.807) is 42.5 Å². The Morgan fingerprint density at radius 3 is 2.52 bits per heavy atom. The number of benzene rings is 3. The van der Waals surface area contributed by atoms with E-state index in [4.69, 9.17) is 9.47 Å². The van der Waals surface area contributed by atoms with Gasteiger partial charge in [-0.25, -0.2) is 0 Å². The first kappa shape index (κ1) is 17.2. The molecule has 1 aliphatic heterocycles. The third kappa shape index (κ3) is 3.41. The lowest BCUT2D eigenvalue weighted by atomic mass is 10.0. The molecule has 0 saturated carbocycles. The number of carbonyl (C=O) groups excluding carboxylic acids is 1. The molecule has 1 aliphatic rings. The summed E-state index contributed by atoms with van der Waals surface area (Å²) in [6, 6.07) is 16.6. The van der Waals surface area contributed by atoms with Gasteiger partial charge in [-0.15, -0.1) is 0 Å². The second kappa shape index (κ2) is 6.85. The van der Waals surface area contributed by atoms with Crippen LogP contribution in [0.1, 0.15) is 15.9 Å². The van der Waals surface area contributed by atoms with Crippen LogP contribution in [-0.4, -0.2) is 10.7 Å². The van der Waals surface area contributed by atoms with E-state index in [1.807, 2.05) is 6.07 Å². The number of halogens is 1. The van der Waals surface area contributed by atoms with Crippen molar-refractivity contribution in [3.05, 3.63) is 86.4 Å². The highest BCUT2D eigenvalue weighted by Crippen LogP contribution is 2.42. The highest BCUT2D eigenvalue weighted by Gasteiger charge is 2.28. The molecule has 134 valence electrons. The van der Waals surface area contributed by atoms with Gasteiger partial charge in [0.2, 0.25) is 0 Å². The molecule has 0 amide bonds. The van der Waals surface area contributed by atoms with Gasteiger partial charge in [-0.2, -0.15) is 0 Å². The zero-order chi connectivity index (χ0) is 19.0. The lowest BCUT2D eigenvalue weighted by Gasteiger charge is -2.13. The molecule has 4 rings (SSSR count). The fourth-order valence-corrected chi connectivity index (χ4v) is 3.14. The van der Waals surface area contributed by atoms with Crippen molar-refractivity contribution in [1.82, 2.24) is 0 Å². The largest absolute Gasteiger partial charge is 0.456 e. The molecule has 0 fully saturated rings. The first-order chi connectivity index (χ1) is 13.0. The van der Waals surface area contributed by atoms with Gasteiger partial charge in [0.25, 0.3) is 5.69 Å². The Kier molecular flexibility index (Phi) is 4.37. The van der Waals surface area contributed by atoms with Crippen LogP contribution in [-0.2, 0) is 6.42 Å². The maximum atomic E-state index is 12.9. The van der Waals surface area contributed by atoms with Crippen LogP contribution in [0.3, 0.4) is 0 Å². The summed E-state index contributed by atoms with van der Waals surface area (Å²) in [6.07, 6.45) is 0.123. The van der Waals surface area contributed by atoms with E-state index in [1.165, 1.54) is 12.1 Å². The smallest absolute Gasteiger partial charge is 0.276 e. The number of nitrogens with zero attached hydrogens (tertiary/aromatic N) is 1. The molecule has 0 spiro atoms. The van der Waals surface area contributed by atoms with Crippen LogP contribution in [0.25, 0.3) is 0 Å². The molecule has 27 heavy (non-hydrogen) atoms. The van der Waals surface area contributed by atoms with E-state index < -0.39 is 4.92 Å². The van der Waals surface area contributed by atoms with Crippen molar-refractivity contribution in [2.45, 2.75) is 6.42 Å². The number of fused-ring (bicyclic) bond motifs is 2. The summed E-state index contributed by atoms with van der Waals surface area (Å²) in [7, 11) is 0. The Morgan fingerprint density at radius 1 is 1.04 bits per heavy atom. The number of non-ortho nitro benzene ring substituents is 1. The number of hydrogen-bond donors (Lipinski definition) is 0. The van der Waals surface area contributed by atoms with E-state index in [-0.39, 0.29) is 35.0 Å². The topological polar surface area (TPSA) is 78.7 Å². The van der Waals surface area contributed by atoms with Crippen LogP contribution in [0.15, 0.2) is 65.1 Å². The Bertz CT molecular complexity index is 1060. The van der Waals surface area contributed by atoms with Crippen LogP contribution in [0.2, 0.25) is 0 Å². The third-order valence-electron chi connectivity index (χ3n) is 4.13. The number of Topliss-reactive ketones (excluding diaryl/α,β-unsaturated/α-hetero) is 1. The molecule has 7 heteroatoms. The van der Waals surface area contributed by atoms with Gasteiger partial charge in [-0.05, 0) is 30.3 Å². The van der Waals surface area contributed by atoms with Crippen molar-refractivity contribution in [1.29, 1.82) is 0 Å². The maximum Gasteiger partial charge on any atom is 0.276 e. The van der Waals surface area contributed by atoms with E-state index in [9.17, 15) is 14.9 Å². The van der Waals surface area contributed by atoms with Crippen molar-refractivity contribution in [3.63, 3.8) is 0 Å². The Labute approximate surface area is 162 Å². The number of ketones is 1. The fourth-order valence-electron chi connectivity index (χ4n) is 2.88. The summed E-state index contributed by atoms with van der Waals surface area (Å²) < 4.78 is 12.5. The predicted molar refractivity (Wildman–Crippen MR) is 102 cm³/mol. The van der Waals surface area contributed by atoms with Crippen molar-refractivity contribution in [2.24, 2.45) is 0 Å². The van der Waals surface area contributed by atoms with Crippen molar-refractivity contribution in [2.75, 3.05) is 0 Å². The lowest BCUT2D eigenvalue weighted by molar-refractivity contribution is -0.385. The van der Waals surface area contributed by atoms with Crippen molar-refractivity contribution < 1.29 is 19.2 Å². The number of ether oxygens (including phenoxy) is 2. The molecule has 0 atom stereocenters. The minimum atomic E-state index is -0.542. The standard InChI is InChI=1S/C20H12BrNO5/c21-13-5-7-15(8-6-13)26-18-10-14(22(24)25)11-19-20(18)16(23)9-12-3-1-2-4-17(12)27-19/h1-8,10-11H,9H2. The number of nitro benzene ring substituents is 1. The van der Waals surface area contributed by atoms with Gasteiger partial charge < -0.3 is 9.47 Å². The summed E-state index contributed by atoms with van der Waals surface area (Å²) in [5, 5.41) is 11.4. The number of carbonyl (C=O) groups is 1. The number of rotatable bonds is 3. The number of hydrogen-bond acceptors (Lipinski definition) is 5. The van der Waals surface area contributed by atoms with E-state index in [0.29, 0.717) is 11.5 Å². The lowest BCUT2D eigenvalue weighted by Crippen LogP contribution is -2.05. The highest BCUT2D eigenvalue weighted by atomic mass is 79.9. The normalized spacial score (nSPS) is 12.4.